The number of furan rings is 1. The van der Waals surface area contributed by atoms with Crippen LogP contribution in [0.2, 0.25) is 0 Å². The Hall–Kier alpha value is -2.66. The van der Waals surface area contributed by atoms with Crippen LogP contribution in [0.4, 0.5) is 5.69 Å². The van der Waals surface area contributed by atoms with Gasteiger partial charge in [-0.2, -0.15) is 0 Å². The molecule has 0 spiro atoms. The number of nitrogens with one attached hydrogen (secondary N) is 1. The van der Waals surface area contributed by atoms with Crippen LogP contribution in [0.25, 0.3) is 0 Å². The Morgan fingerprint density at radius 3 is 2.37 bits per heavy atom. The number of allylic oxidation sites excluding steroid dienone is 1. The van der Waals surface area contributed by atoms with E-state index in [9.17, 15) is 14.7 Å². The van der Waals surface area contributed by atoms with Gasteiger partial charge in [0.15, 0.2) is 5.78 Å². The number of hydrogen-bond acceptors (Lipinski definition) is 5. The van der Waals surface area contributed by atoms with E-state index in [-0.39, 0.29) is 18.0 Å². The van der Waals surface area contributed by atoms with Crippen LogP contribution in [-0.2, 0) is 9.59 Å². The van der Waals surface area contributed by atoms with E-state index in [0.717, 1.165) is 11.3 Å². The van der Waals surface area contributed by atoms with Crippen LogP contribution in [-0.4, -0.2) is 22.3 Å². The number of aliphatic hydroxyl groups is 1. The molecule has 1 aromatic heterocycles. The molecule has 0 saturated carbocycles. The zero-order chi connectivity index (χ0) is 19.8. The number of Topliss-reactive ketones (excluding diaryl/α,β-unsaturated/α-hetero) is 2. The minimum atomic E-state index is -1.31. The van der Waals surface area contributed by atoms with Crippen LogP contribution in [0.15, 0.2) is 58.3 Å². The SMILES string of the molecule is CC(=O)C1=C(Nc2ccc(C)cc2)C[C@](C)(O)[C@H](C(C)=O)[C@H]1c1ccco1. The summed E-state index contributed by atoms with van der Waals surface area (Å²) in [7, 11) is 0. The van der Waals surface area contributed by atoms with Crippen molar-refractivity contribution in [2.45, 2.75) is 45.6 Å². The number of anilines is 1. The van der Waals surface area contributed by atoms with Crippen LogP contribution in [0.3, 0.4) is 0 Å². The van der Waals surface area contributed by atoms with Crippen LogP contribution in [0, 0.1) is 12.8 Å². The van der Waals surface area contributed by atoms with Gasteiger partial charge in [-0.3, -0.25) is 9.59 Å². The van der Waals surface area contributed by atoms with Gasteiger partial charge in [-0.05, 0) is 52.0 Å². The second kappa shape index (κ2) is 7.16. The monoisotopic (exact) mass is 367 g/mol. The molecule has 0 bridgehead atoms. The van der Waals surface area contributed by atoms with Crippen molar-refractivity contribution in [2.75, 3.05) is 5.32 Å². The number of aryl methyl sites for hydroxylation is 1. The van der Waals surface area contributed by atoms with Crippen molar-refractivity contribution >= 4 is 17.3 Å². The van der Waals surface area contributed by atoms with Gasteiger partial charge in [-0.1, -0.05) is 17.7 Å². The Morgan fingerprint density at radius 2 is 1.85 bits per heavy atom. The molecule has 1 heterocycles. The fourth-order valence-electron chi connectivity index (χ4n) is 4.08. The molecule has 142 valence electrons. The maximum absolute atomic E-state index is 12.6. The summed E-state index contributed by atoms with van der Waals surface area (Å²) in [5.74, 6) is -1.20. The van der Waals surface area contributed by atoms with Gasteiger partial charge in [-0.15, -0.1) is 0 Å². The first-order valence-electron chi connectivity index (χ1n) is 9.04. The van der Waals surface area contributed by atoms with Gasteiger partial charge >= 0.3 is 0 Å². The molecule has 1 aromatic carbocycles. The molecule has 1 aliphatic rings. The highest BCUT2D eigenvalue weighted by Gasteiger charge is 2.50. The van der Waals surface area contributed by atoms with Crippen LogP contribution in [0.5, 0.6) is 0 Å². The van der Waals surface area contributed by atoms with E-state index in [1.165, 1.54) is 20.1 Å². The first-order valence-corrected chi connectivity index (χ1v) is 9.04. The predicted octanol–water partition coefficient (Wildman–Crippen LogP) is 3.99. The number of carbonyl (C=O) groups is 2. The largest absolute Gasteiger partial charge is 0.469 e. The molecule has 0 fully saturated rings. The van der Waals surface area contributed by atoms with E-state index in [2.05, 4.69) is 5.32 Å². The van der Waals surface area contributed by atoms with Gasteiger partial charge < -0.3 is 14.8 Å². The maximum atomic E-state index is 12.6. The average Bonchev–Trinajstić information content (AvgIpc) is 3.09. The smallest absolute Gasteiger partial charge is 0.158 e. The molecule has 0 unspecified atom stereocenters. The zero-order valence-electron chi connectivity index (χ0n) is 16.1. The van der Waals surface area contributed by atoms with Crippen molar-refractivity contribution in [3.8, 4) is 0 Å². The number of carbonyl (C=O) groups excluding carboxylic acids is 2. The van der Waals surface area contributed by atoms with E-state index in [1.54, 1.807) is 19.1 Å². The fourth-order valence-corrected chi connectivity index (χ4v) is 4.08. The Balaban J connectivity index is 2.16. The Morgan fingerprint density at radius 1 is 1.19 bits per heavy atom. The number of hydrogen-bond donors (Lipinski definition) is 2. The van der Waals surface area contributed by atoms with Crippen molar-refractivity contribution in [1.82, 2.24) is 0 Å². The Kier molecular flexibility index (Phi) is 5.07. The highest BCUT2D eigenvalue weighted by molar-refractivity contribution is 5.98. The summed E-state index contributed by atoms with van der Waals surface area (Å²) in [4.78, 5) is 25.0. The van der Waals surface area contributed by atoms with Gasteiger partial charge in [0.25, 0.3) is 0 Å². The van der Waals surface area contributed by atoms with Crippen molar-refractivity contribution in [3.63, 3.8) is 0 Å². The highest BCUT2D eigenvalue weighted by atomic mass is 16.3. The van der Waals surface area contributed by atoms with Gasteiger partial charge in [0.05, 0.1) is 23.7 Å². The quantitative estimate of drug-likeness (QED) is 0.835. The van der Waals surface area contributed by atoms with Gasteiger partial charge in [0, 0.05) is 23.4 Å². The molecule has 0 amide bonds. The molecule has 5 heteroatoms. The summed E-state index contributed by atoms with van der Waals surface area (Å²) < 4.78 is 5.56. The lowest BCUT2D eigenvalue weighted by molar-refractivity contribution is -0.131. The molecule has 5 nitrogen and oxygen atoms in total. The van der Waals surface area contributed by atoms with Crippen molar-refractivity contribution in [1.29, 1.82) is 0 Å². The average molecular weight is 367 g/mol. The lowest BCUT2D eigenvalue weighted by Crippen LogP contribution is -2.48. The number of ketones is 2. The summed E-state index contributed by atoms with van der Waals surface area (Å²) in [5.41, 5.74) is 1.74. The van der Waals surface area contributed by atoms with E-state index < -0.39 is 17.4 Å². The van der Waals surface area contributed by atoms with Crippen LogP contribution < -0.4 is 5.32 Å². The lowest BCUT2D eigenvalue weighted by atomic mass is 9.65. The van der Waals surface area contributed by atoms with Crippen LogP contribution in [0.1, 0.15) is 44.4 Å². The van der Waals surface area contributed by atoms with E-state index in [0.29, 0.717) is 17.0 Å². The predicted molar refractivity (Wildman–Crippen MR) is 103 cm³/mol. The van der Waals surface area contributed by atoms with E-state index >= 15 is 0 Å². The number of benzene rings is 1. The summed E-state index contributed by atoms with van der Waals surface area (Å²) >= 11 is 0. The second-order valence-corrected chi connectivity index (χ2v) is 7.55. The molecule has 2 aromatic rings. The minimum Gasteiger partial charge on any atom is -0.469 e. The van der Waals surface area contributed by atoms with Gasteiger partial charge in [0.1, 0.15) is 11.5 Å². The lowest BCUT2D eigenvalue weighted by Gasteiger charge is -2.42. The second-order valence-electron chi connectivity index (χ2n) is 7.55. The fraction of sp³-hybridized carbons (Fsp3) is 0.364. The van der Waals surface area contributed by atoms with Crippen LogP contribution >= 0.6 is 0 Å². The Labute approximate surface area is 159 Å². The molecule has 1 aliphatic carbocycles. The third-order valence-electron chi connectivity index (χ3n) is 5.19. The van der Waals surface area contributed by atoms with E-state index in [1.807, 2.05) is 31.2 Å². The third kappa shape index (κ3) is 3.74. The van der Waals surface area contributed by atoms with Crippen molar-refractivity contribution in [2.24, 2.45) is 5.92 Å². The first kappa shape index (κ1) is 19.1. The Bertz CT molecular complexity index is 876. The third-order valence-corrected chi connectivity index (χ3v) is 5.19. The summed E-state index contributed by atoms with van der Waals surface area (Å²) in [6.45, 7) is 6.58. The summed E-state index contributed by atoms with van der Waals surface area (Å²) in [6.07, 6.45) is 1.69. The summed E-state index contributed by atoms with van der Waals surface area (Å²) in [5, 5.41) is 14.4. The molecular weight excluding hydrogens is 342 g/mol. The molecule has 3 atom stereocenters. The molecule has 3 rings (SSSR count). The molecule has 0 saturated heterocycles. The zero-order valence-corrected chi connectivity index (χ0v) is 16.1. The molecule has 27 heavy (non-hydrogen) atoms. The normalized spacial score (nSPS) is 25.4. The standard InChI is InChI=1S/C22H25NO4/c1-13-7-9-16(10-8-13)23-17-12-22(4,26)21(15(3)25)20(19(17)14(2)24)18-6-5-11-27-18/h5-11,20-21,23,26H,12H2,1-4H3/t20-,21+,22-/m0/s1. The van der Waals surface area contributed by atoms with Gasteiger partial charge in [0.2, 0.25) is 0 Å². The molecule has 0 aliphatic heterocycles. The molecule has 0 radical (unpaired) electrons. The minimum absolute atomic E-state index is 0.146. The maximum Gasteiger partial charge on any atom is 0.158 e. The first-order chi connectivity index (χ1) is 12.7. The van der Waals surface area contributed by atoms with Gasteiger partial charge in [-0.25, -0.2) is 0 Å². The highest BCUT2D eigenvalue weighted by Crippen LogP contribution is 2.47. The van der Waals surface area contributed by atoms with E-state index in [4.69, 9.17) is 4.42 Å². The summed E-state index contributed by atoms with van der Waals surface area (Å²) in [6, 6.07) is 11.3. The van der Waals surface area contributed by atoms with Crippen molar-refractivity contribution < 1.29 is 19.1 Å². The van der Waals surface area contributed by atoms with Crippen molar-refractivity contribution in [3.05, 3.63) is 65.3 Å². The topological polar surface area (TPSA) is 79.5 Å². The molecular formula is C22H25NO4. The molecule has 2 N–H and O–H groups in total. The number of rotatable bonds is 5.